The van der Waals surface area contributed by atoms with Crippen LogP contribution in [-0.4, -0.2) is 42.8 Å². The van der Waals surface area contributed by atoms with Crippen molar-refractivity contribution >= 4 is 0 Å². The summed E-state index contributed by atoms with van der Waals surface area (Å²) in [6, 6.07) is 1.67. The highest BCUT2D eigenvalue weighted by Crippen LogP contribution is 2.23. The first kappa shape index (κ1) is 10.4. The second-order valence-corrected chi connectivity index (χ2v) is 4.63. The molecule has 14 heavy (non-hydrogen) atoms. The van der Waals surface area contributed by atoms with E-state index in [-0.39, 0.29) is 0 Å². The number of ether oxygens (including phenoxy) is 1. The topological polar surface area (TPSA) is 38.5 Å². The van der Waals surface area contributed by atoms with Gasteiger partial charge in [-0.25, -0.2) is 0 Å². The fourth-order valence-electron chi connectivity index (χ4n) is 2.73. The zero-order chi connectivity index (χ0) is 9.97. The van der Waals surface area contributed by atoms with Gasteiger partial charge in [0.15, 0.2) is 0 Å². The SMILES string of the molecule is CC1C(N)CCCN1C1CCOCC1. The number of nitrogens with two attached hydrogens (primary N) is 1. The summed E-state index contributed by atoms with van der Waals surface area (Å²) in [5.74, 6) is 0. The van der Waals surface area contributed by atoms with Gasteiger partial charge < -0.3 is 10.5 Å². The number of hydrogen-bond donors (Lipinski definition) is 1. The first-order valence-electron chi connectivity index (χ1n) is 5.88. The average molecular weight is 198 g/mol. The number of likely N-dealkylation sites (tertiary alicyclic amines) is 1. The lowest BCUT2D eigenvalue weighted by Crippen LogP contribution is -2.55. The van der Waals surface area contributed by atoms with Gasteiger partial charge in [-0.2, -0.15) is 0 Å². The molecule has 2 aliphatic heterocycles. The van der Waals surface area contributed by atoms with Crippen molar-refractivity contribution in [3.05, 3.63) is 0 Å². The Kier molecular flexibility index (Phi) is 3.42. The van der Waals surface area contributed by atoms with E-state index in [1.165, 1.54) is 32.2 Å². The van der Waals surface area contributed by atoms with Crippen LogP contribution in [0, 0.1) is 0 Å². The van der Waals surface area contributed by atoms with Crippen LogP contribution in [0.25, 0.3) is 0 Å². The summed E-state index contributed by atoms with van der Waals surface area (Å²) in [5, 5.41) is 0. The smallest absolute Gasteiger partial charge is 0.0480 e. The van der Waals surface area contributed by atoms with Crippen LogP contribution >= 0.6 is 0 Å². The Morgan fingerprint density at radius 3 is 2.64 bits per heavy atom. The van der Waals surface area contributed by atoms with E-state index in [4.69, 9.17) is 10.5 Å². The minimum atomic E-state index is 0.381. The number of rotatable bonds is 1. The predicted octanol–water partition coefficient (Wildman–Crippen LogP) is 0.977. The minimum Gasteiger partial charge on any atom is -0.381 e. The van der Waals surface area contributed by atoms with Crippen LogP contribution in [0.15, 0.2) is 0 Å². The van der Waals surface area contributed by atoms with E-state index in [0.717, 1.165) is 19.3 Å². The maximum atomic E-state index is 6.10. The summed E-state index contributed by atoms with van der Waals surface area (Å²) in [4.78, 5) is 2.61. The highest BCUT2D eigenvalue weighted by molar-refractivity contribution is 4.88. The molecule has 0 radical (unpaired) electrons. The van der Waals surface area contributed by atoms with E-state index < -0.39 is 0 Å². The van der Waals surface area contributed by atoms with E-state index in [2.05, 4.69) is 11.8 Å². The van der Waals surface area contributed by atoms with Gasteiger partial charge in [-0.1, -0.05) is 0 Å². The molecule has 2 atom stereocenters. The van der Waals surface area contributed by atoms with Crippen molar-refractivity contribution in [2.45, 2.75) is 50.7 Å². The molecule has 2 N–H and O–H groups in total. The summed E-state index contributed by atoms with van der Waals surface area (Å²) >= 11 is 0. The first-order chi connectivity index (χ1) is 6.79. The van der Waals surface area contributed by atoms with Gasteiger partial charge >= 0.3 is 0 Å². The molecule has 0 aromatic heterocycles. The van der Waals surface area contributed by atoms with Gasteiger partial charge in [-0.15, -0.1) is 0 Å². The molecule has 0 bridgehead atoms. The Bertz CT molecular complexity index is 180. The zero-order valence-corrected chi connectivity index (χ0v) is 9.11. The van der Waals surface area contributed by atoms with E-state index in [1.54, 1.807) is 0 Å². The molecule has 2 unspecified atom stereocenters. The molecule has 3 heteroatoms. The monoisotopic (exact) mass is 198 g/mol. The summed E-state index contributed by atoms with van der Waals surface area (Å²) in [6.07, 6.45) is 4.85. The zero-order valence-electron chi connectivity index (χ0n) is 9.11. The van der Waals surface area contributed by atoms with Gasteiger partial charge in [-0.05, 0) is 39.2 Å². The second kappa shape index (κ2) is 4.60. The fourth-order valence-corrected chi connectivity index (χ4v) is 2.73. The van der Waals surface area contributed by atoms with Crippen molar-refractivity contribution in [2.24, 2.45) is 5.73 Å². The van der Waals surface area contributed by atoms with Crippen molar-refractivity contribution in [2.75, 3.05) is 19.8 Å². The van der Waals surface area contributed by atoms with Crippen LogP contribution < -0.4 is 5.73 Å². The number of hydrogen-bond acceptors (Lipinski definition) is 3. The van der Waals surface area contributed by atoms with Crippen molar-refractivity contribution in [1.82, 2.24) is 4.90 Å². The molecule has 0 aromatic carbocycles. The summed E-state index contributed by atoms with van der Waals surface area (Å²) in [7, 11) is 0. The van der Waals surface area contributed by atoms with Crippen LogP contribution in [0.3, 0.4) is 0 Å². The highest BCUT2D eigenvalue weighted by Gasteiger charge is 2.31. The van der Waals surface area contributed by atoms with Gasteiger partial charge in [0.05, 0.1) is 0 Å². The van der Waals surface area contributed by atoms with Crippen molar-refractivity contribution in [3.8, 4) is 0 Å². The van der Waals surface area contributed by atoms with Crippen LogP contribution in [0.2, 0.25) is 0 Å². The number of piperidine rings is 1. The minimum absolute atomic E-state index is 0.381. The molecular formula is C11H22N2O. The molecule has 3 nitrogen and oxygen atoms in total. The Morgan fingerprint density at radius 2 is 1.93 bits per heavy atom. The normalized spacial score (nSPS) is 37.3. The largest absolute Gasteiger partial charge is 0.381 e. The summed E-state index contributed by atoms with van der Waals surface area (Å²) in [5.41, 5.74) is 6.10. The molecule has 2 saturated heterocycles. The molecule has 0 aliphatic carbocycles. The quantitative estimate of drug-likeness (QED) is 0.682. The maximum absolute atomic E-state index is 6.10. The fraction of sp³-hybridized carbons (Fsp3) is 1.00. The second-order valence-electron chi connectivity index (χ2n) is 4.63. The molecule has 2 rings (SSSR count). The average Bonchev–Trinajstić information content (AvgIpc) is 2.23. The molecule has 2 fully saturated rings. The third-order valence-corrected chi connectivity index (χ3v) is 3.76. The van der Waals surface area contributed by atoms with Gasteiger partial charge in [0.1, 0.15) is 0 Å². The first-order valence-corrected chi connectivity index (χ1v) is 5.88. The van der Waals surface area contributed by atoms with Gasteiger partial charge in [-0.3, -0.25) is 4.90 Å². The number of nitrogens with zero attached hydrogens (tertiary/aromatic N) is 1. The predicted molar refractivity (Wildman–Crippen MR) is 57.2 cm³/mol. The van der Waals surface area contributed by atoms with Crippen LogP contribution in [0.4, 0.5) is 0 Å². The molecule has 0 aromatic rings. The third-order valence-electron chi connectivity index (χ3n) is 3.76. The lowest BCUT2D eigenvalue weighted by molar-refractivity contribution is 0.00386. The van der Waals surface area contributed by atoms with Gasteiger partial charge in [0.25, 0.3) is 0 Å². The Labute approximate surface area is 86.6 Å². The molecule has 82 valence electrons. The van der Waals surface area contributed by atoms with Gasteiger partial charge in [0, 0.05) is 31.3 Å². The van der Waals surface area contributed by atoms with Crippen molar-refractivity contribution in [1.29, 1.82) is 0 Å². The maximum Gasteiger partial charge on any atom is 0.0480 e. The van der Waals surface area contributed by atoms with Crippen LogP contribution in [0.5, 0.6) is 0 Å². The van der Waals surface area contributed by atoms with Crippen LogP contribution in [-0.2, 0) is 4.74 Å². The molecule has 2 heterocycles. The lowest BCUT2D eigenvalue weighted by atomic mass is 9.94. The summed E-state index contributed by atoms with van der Waals surface area (Å²) < 4.78 is 5.39. The van der Waals surface area contributed by atoms with E-state index in [0.29, 0.717) is 12.1 Å². The van der Waals surface area contributed by atoms with Crippen molar-refractivity contribution in [3.63, 3.8) is 0 Å². The molecule has 0 amide bonds. The molecular weight excluding hydrogens is 176 g/mol. The van der Waals surface area contributed by atoms with Gasteiger partial charge in [0.2, 0.25) is 0 Å². The Morgan fingerprint density at radius 1 is 1.21 bits per heavy atom. The highest BCUT2D eigenvalue weighted by atomic mass is 16.5. The van der Waals surface area contributed by atoms with Crippen LogP contribution in [0.1, 0.15) is 32.6 Å². The molecule has 2 aliphatic rings. The van der Waals surface area contributed by atoms with E-state index in [1.807, 2.05) is 0 Å². The van der Waals surface area contributed by atoms with E-state index >= 15 is 0 Å². The Balaban J connectivity index is 1.93. The van der Waals surface area contributed by atoms with Crippen molar-refractivity contribution < 1.29 is 4.74 Å². The summed E-state index contributed by atoms with van der Waals surface area (Å²) in [6.45, 7) is 5.38. The molecule has 0 spiro atoms. The molecule has 0 saturated carbocycles. The van der Waals surface area contributed by atoms with E-state index in [9.17, 15) is 0 Å². The standard InChI is InChI=1S/C11H22N2O/c1-9-11(12)3-2-6-13(9)10-4-7-14-8-5-10/h9-11H,2-8,12H2,1H3. The lowest BCUT2D eigenvalue weighted by Gasteiger charge is -2.44. The Hall–Kier alpha value is -0.120. The third kappa shape index (κ3) is 2.10.